The minimum absolute atomic E-state index is 0.215. The van der Waals surface area contributed by atoms with Crippen LogP contribution in [0.25, 0.3) is 0 Å². The van der Waals surface area contributed by atoms with Gasteiger partial charge in [0.25, 0.3) is 0 Å². The third-order valence-corrected chi connectivity index (χ3v) is 6.42. The van der Waals surface area contributed by atoms with Gasteiger partial charge in [0.1, 0.15) is 0 Å². The van der Waals surface area contributed by atoms with E-state index >= 15 is 0 Å². The smallest absolute Gasteiger partial charge is 0.0158 e. The maximum Gasteiger partial charge on any atom is 0.0158 e. The number of nitrogens with zero attached hydrogens (tertiary/aromatic N) is 1. The second-order valence-corrected chi connectivity index (χ2v) is 15.5. The summed E-state index contributed by atoms with van der Waals surface area (Å²) >= 11 is 0. The molecule has 0 N–H and O–H groups in total. The molecule has 0 spiro atoms. The van der Waals surface area contributed by atoms with Gasteiger partial charge in [0, 0.05) is 12.1 Å². The summed E-state index contributed by atoms with van der Waals surface area (Å²) in [7, 11) is 0. The Balaban J connectivity index is -0.000000737. The molecule has 0 fully saturated rings. The summed E-state index contributed by atoms with van der Waals surface area (Å²) in [6, 6.07) is 0. The van der Waals surface area contributed by atoms with E-state index in [2.05, 4.69) is 109 Å². The van der Waals surface area contributed by atoms with Crippen molar-refractivity contribution >= 4 is 0 Å². The van der Waals surface area contributed by atoms with Gasteiger partial charge in [-0.25, -0.2) is 0 Å². The Hall–Kier alpha value is -0.0400. The minimum Gasteiger partial charge on any atom is -0.298 e. The highest BCUT2D eigenvalue weighted by molar-refractivity contribution is 4.92. The van der Waals surface area contributed by atoms with Gasteiger partial charge < -0.3 is 0 Å². The molecule has 0 rings (SSSR count). The van der Waals surface area contributed by atoms with E-state index in [0.717, 1.165) is 0 Å². The molecule has 0 atom stereocenters. The standard InChI is InChI=1S/C28H59N.3C2H6/c1-16-25(8,9)21-28(14,15)29(22-27(12,13)20-24(5,6)7)18-17-26(10,11)19-23(2,3)4;3*1-2/h16-22H2,1-15H3;3*1-2H3. The summed E-state index contributed by atoms with van der Waals surface area (Å²) in [5.74, 6) is 0. The fourth-order valence-electron chi connectivity index (χ4n) is 5.97. The van der Waals surface area contributed by atoms with Gasteiger partial charge in [-0.1, -0.05) is 138 Å². The van der Waals surface area contributed by atoms with Crippen molar-refractivity contribution in [3.05, 3.63) is 0 Å². The maximum atomic E-state index is 2.85. The van der Waals surface area contributed by atoms with Gasteiger partial charge in [0.2, 0.25) is 0 Å². The zero-order valence-corrected chi connectivity index (χ0v) is 29.4. The second kappa shape index (κ2) is 17.5. The molecule has 0 aromatic carbocycles. The normalized spacial score (nSPS) is 13.2. The zero-order chi connectivity index (χ0) is 29.5. The molecule has 0 aliphatic carbocycles. The molecule has 0 aliphatic rings. The summed E-state index contributed by atoms with van der Waals surface area (Å²) < 4.78 is 0. The van der Waals surface area contributed by atoms with Gasteiger partial charge in [-0.05, 0) is 73.2 Å². The van der Waals surface area contributed by atoms with Gasteiger partial charge in [-0.15, -0.1) is 0 Å². The van der Waals surface area contributed by atoms with Gasteiger partial charge in [0.05, 0.1) is 0 Å². The highest BCUT2D eigenvalue weighted by Gasteiger charge is 2.38. The second-order valence-electron chi connectivity index (χ2n) is 15.5. The van der Waals surface area contributed by atoms with Crippen LogP contribution in [0.1, 0.15) is 178 Å². The first-order valence-electron chi connectivity index (χ1n) is 15.2. The average molecular weight is 500 g/mol. The highest BCUT2D eigenvalue weighted by Crippen LogP contribution is 2.41. The molecule has 0 saturated heterocycles. The van der Waals surface area contributed by atoms with Gasteiger partial charge >= 0.3 is 0 Å². The Morgan fingerprint density at radius 2 is 0.800 bits per heavy atom. The Bertz CT molecular complexity index is 480. The van der Waals surface area contributed by atoms with Crippen LogP contribution in [-0.4, -0.2) is 23.5 Å². The first-order valence-corrected chi connectivity index (χ1v) is 15.2. The van der Waals surface area contributed by atoms with Crippen molar-refractivity contribution < 1.29 is 0 Å². The highest BCUT2D eigenvalue weighted by atomic mass is 15.2. The van der Waals surface area contributed by atoms with E-state index in [1.54, 1.807) is 0 Å². The molecule has 1 nitrogen and oxygen atoms in total. The van der Waals surface area contributed by atoms with E-state index in [1.165, 1.54) is 45.2 Å². The Labute approximate surface area is 228 Å². The van der Waals surface area contributed by atoms with Crippen LogP contribution < -0.4 is 0 Å². The molecule has 0 bridgehead atoms. The van der Waals surface area contributed by atoms with Crippen LogP contribution in [0.4, 0.5) is 0 Å². The molecular weight excluding hydrogens is 422 g/mol. The number of hydrogen-bond donors (Lipinski definition) is 0. The van der Waals surface area contributed by atoms with Crippen LogP contribution in [0.5, 0.6) is 0 Å². The lowest BCUT2D eigenvalue weighted by molar-refractivity contribution is 0.0151. The molecule has 0 amide bonds. The van der Waals surface area contributed by atoms with Crippen molar-refractivity contribution in [3.63, 3.8) is 0 Å². The summed E-state index contributed by atoms with van der Waals surface area (Å²) in [5, 5.41) is 0. The van der Waals surface area contributed by atoms with Crippen molar-refractivity contribution in [2.45, 2.75) is 183 Å². The summed E-state index contributed by atoms with van der Waals surface area (Å²) in [6.07, 6.45) is 6.30. The Morgan fingerprint density at radius 1 is 0.457 bits per heavy atom. The van der Waals surface area contributed by atoms with E-state index in [4.69, 9.17) is 0 Å². The Kier molecular flexibility index (Phi) is 21.0. The molecule has 0 aromatic heterocycles. The van der Waals surface area contributed by atoms with Gasteiger partial charge in [-0.3, -0.25) is 4.90 Å². The molecule has 35 heavy (non-hydrogen) atoms. The molecular formula is C34H77N. The average Bonchev–Trinajstić information content (AvgIpc) is 2.65. The largest absolute Gasteiger partial charge is 0.298 e. The van der Waals surface area contributed by atoms with Crippen LogP contribution in [0.2, 0.25) is 0 Å². The molecule has 1 heteroatoms. The minimum atomic E-state index is 0.215. The topological polar surface area (TPSA) is 3.24 Å². The van der Waals surface area contributed by atoms with Crippen molar-refractivity contribution in [1.29, 1.82) is 0 Å². The van der Waals surface area contributed by atoms with E-state index in [9.17, 15) is 0 Å². The summed E-state index contributed by atoms with van der Waals surface area (Å²) in [6.45, 7) is 50.8. The van der Waals surface area contributed by atoms with Gasteiger partial charge in [0.15, 0.2) is 0 Å². The lowest BCUT2D eigenvalue weighted by Gasteiger charge is -2.48. The molecule has 0 radical (unpaired) electrons. The molecule has 0 saturated carbocycles. The summed E-state index contributed by atoms with van der Waals surface area (Å²) in [4.78, 5) is 2.85. The van der Waals surface area contributed by atoms with Crippen LogP contribution in [0, 0.1) is 27.1 Å². The predicted octanol–water partition coefficient (Wildman–Crippen LogP) is 12.3. The quantitative estimate of drug-likeness (QED) is 0.273. The third-order valence-electron chi connectivity index (χ3n) is 6.42. The van der Waals surface area contributed by atoms with Crippen LogP contribution in [0.15, 0.2) is 0 Å². The number of rotatable bonds is 11. The third kappa shape index (κ3) is 24.1. The lowest BCUT2D eigenvalue weighted by Crippen LogP contribution is -2.51. The molecule has 0 unspecified atom stereocenters. The summed E-state index contributed by atoms with van der Waals surface area (Å²) in [5.41, 5.74) is 2.05. The molecule has 0 aliphatic heterocycles. The fraction of sp³-hybridized carbons (Fsp3) is 1.00. The van der Waals surface area contributed by atoms with Crippen molar-refractivity contribution in [3.8, 4) is 0 Å². The van der Waals surface area contributed by atoms with E-state index in [1.807, 2.05) is 41.5 Å². The van der Waals surface area contributed by atoms with E-state index in [0.29, 0.717) is 27.1 Å². The monoisotopic (exact) mass is 500 g/mol. The Morgan fingerprint density at radius 3 is 1.11 bits per heavy atom. The first-order chi connectivity index (χ1) is 15.5. The predicted molar refractivity (Wildman–Crippen MR) is 169 cm³/mol. The molecule has 0 heterocycles. The first kappa shape index (κ1) is 42.1. The molecule has 0 aromatic rings. The maximum absolute atomic E-state index is 2.85. The van der Waals surface area contributed by atoms with Crippen molar-refractivity contribution in [2.75, 3.05) is 13.1 Å². The zero-order valence-electron chi connectivity index (χ0n) is 29.4. The van der Waals surface area contributed by atoms with E-state index in [-0.39, 0.29) is 5.54 Å². The van der Waals surface area contributed by atoms with Crippen molar-refractivity contribution in [1.82, 2.24) is 4.90 Å². The van der Waals surface area contributed by atoms with Crippen LogP contribution in [0.3, 0.4) is 0 Å². The van der Waals surface area contributed by atoms with Crippen LogP contribution >= 0.6 is 0 Å². The van der Waals surface area contributed by atoms with Crippen LogP contribution in [-0.2, 0) is 0 Å². The SMILES string of the molecule is CC.CC.CC.CCC(C)(C)CC(C)(C)N(CCC(C)(C)CC(C)(C)C)CC(C)(C)CC(C)(C)C. The number of hydrogen-bond acceptors (Lipinski definition) is 1. The van der Waals surface area contributed by atoms with Crippen molar-refractivity contribution in [2.24, 2.45) is 27.1 Å². The van der Waals surface area contributed by atoms with Gasteiger partial charge in [-0.2, -0.15) is 0 Å². The van der Waals surface area contributed by atoms with E-state index < -0.39 is 0 Å². The lowest BCUT2D eigenvalue weighted by atomic mass is 9.72. The fourth-order valence-corrected chi connectivity index (χ4v) is 5.97. The molecule has 218 valence electrons.